The number of hydrogen-bond acceptors (Lipinski definition) is 4. The van der Waals surface area contributed by atoms with Gasteiger partial charge in [0.1, 0.15) is 0 Å². The number of hydrogen-bond donors (Lipinski definition) is 1. The Hall–Kier alpha value is -3.36. The largest absolute Gasteiger partial charge is 0.416 e. The molecule has 4 amide bonds. The molecular weight excluding hydrogens is 399 g/mol. The Morgan fingerprint density at radius 1 is 1.07 bits per heavy atom. The number of alkyl halides is 3. The zero-order chi connectivity index (χ0) is 21.8. The summed E-state index contributed by atoms with van der Waals surface area (Å²) in [5, 5.41) is 2.16. The van der Waals surface area contributed by atoms with Gasteiger partial charge in [0, 0.05) is 19.3 Å². The van der Waals surface area contributed by atoms with E-state index in [4.69, 9.17) is 0 Å². The zero-order valence-electron chi connectivity index (χ0n) is 16.2. The molecule has 4 rings (SSSR count). The highest BCUT2D eigenvalue weighted by molar-refractivity contribution is 6.30. The van der Waals surface area contributed by atoms with Gasteiger partial charge < -0.3 is 4.90 Å². The van der Waals surface area contributed by atoms with Crippen molar-refractivity contribution in [3.63, 3.8) is 0 Å². The van der Waals surface area contributed by atoms with Crippen LogP contribution in [-0.4, -0.2) is 31.4 Å². The number of aryl methyl sites for hydroxylation is 1. The molecule has 2 heterocycles. The quantitative estimate of drug-likeness (QED) is 0.723. The average Bonchev–Trinajstić information content (AvgIpc) is 2.66. The molecule has 0 radical (unpaired) electrons. The Kier molecular flexibility index (Phi) is 4.37. The van der Waals surface area contributed by atoms with Crippen molar-refractivity contribution < 1.29 is 27.6 Å². The second-order valence-electron chi connectivity index (χ2n) is 7.70. The summed E-state index contributed by atoms with van der Waals surface area (Å²) in [6.07, 6.45) is -4.60. The van der Waals surface area contributed by atoms with Gasteiger partial charge in [0.25, 0.3) is 5.91 Å². The van der Waals surface area contributed by atoms with Crippen LogP contribution in [-0.2, 0) is 22.2 Å². The van der Waals surface area contributed by atoms with Gasteiger partial charge >= 0.3 is 12.2 Å². The maximum absolute atomic E-state index is 13.5. The standard InChI is InChI=1S/C21H18F3N3O3/c1-12-6-7-16-13(8-12)10-20(11-26(16)2)17(28)25-19(30)27(18(20)29)15-5-3-4-14(9-15)21(22,23)24/h3-9H,10-11H2,1-2H3,(H,25,28,30)/t20-/m0/s1. The number of urea groups is 1. The van der Waals surface area contributed by atoms with E-state index >= 15 is 0 Å². The lowest BCUT2D eigenvalue weighted by Gasteiger charge is -2.45. The van der Waals surface area contributed by atoms with E-state index in [-0.39, 0.29) is 18.7 Å². The van der Waals surface area contributed by atoms with Crippen LogP contribution in [0.2, 0.25) is 0 Å². The second kappa shape index (κ2) is 6.58. The first kappa shape index (κ1) is 19.9. The molecule has 0 saturated carbocycles. The molecular formula is C21H18F3N3O3. The summed E-state index contributed by atoms with van der Waals surface area (Å²) < 4.78 is 39.4. The minimum atomic E-state index is -4.64. The van der Waals surface area contributed by atoms with Crippen LogP contribution in [0, 0.1) is 12.3 Å². The Morgan fingerprint density at radius 3 is 2.50 bits per heavy atom. The Labute approximate surface area is 170 Å². The van der Waals surface area contributed by atoms with E-state index in [2.05, 4.69) is 5.32 Å². The molecule has 156 valence electrons. The van der Waals surface area contributed by atoms with E-state index in [1.807, 2.05) is 25.1 Å². The number of anilines is 2. The first-order valence-electron chi connectivity index (χ1n) is 9.21. The molecule has 0 aliphatic carbocycles. The molecule has 9 heteroatoms. The molecule has 0 bridgehead atoms. The molecule has 2 aromatic rings. The van der Waals surface area contributed by atoms with Crippen molar-refractivity contribution >= 4 is 29.2 Å². The topological polar surface area (TPSA) is 69.7 Å². The van der Waals surface area contributed by atoms with E-state index in [0.717, 1.165) is 35.0 Å². The normalized spacial score (nSPS) is 21.7. The molecule has 6 nitrogen and oxygen atoms in total. The molecule has 1 N–H and O–H groups in total. The molecule has 30 heavy (non-hydrogen) atoms. The number of carbonyl (C=O) groups is 3. The summed E-state index contributed by atoms with van der Waals surface area (Å²) >= 11 is 0. The first-order valence-corrected chi connectivity index (χ1v) is 9.21. The van der Waals surface area contributed by atoms with Gasteiger partial charge in [-0.15, -0.1) is 0 Å². The Morgan fingerprint density at radius 2 is 1.80 bits per heavy atom. The van der Waals surface area contributed by atoms with Gasteiger partial charge in [-0.1, -0.05) is 23.8 Å². The molecule has 1 fully saturated rings. The summed E-state index contributed by atoms with van der Waals surface area (Å²) in [6, 6.07) is 8.53. The van der Waals surface area contributed by atoms with Crippen LogP contribution >= 0.6 is 0 Å². The third-order valence-corrected chi connectivity index (χ3v) is 5.55. The number of halogens is 3. The second-order valence-corrected chi connectivity index (χ2v) is 7.70. The highest BCUT2D eigenvalue weighted by Gasteiger charge is 2.56. The van der Waals surface area contributed by atoms with Crippen molar-refractivity contribution in [2.45, 2.75) is 19.5 Å². The van der Waals surface area contributed by atoms with Crippen LogP contribution in [0.4, 0.5) is 29.3 Å². The SMILES string of the molecule is Cc1ccc2c(c1)C[C@]1(CN2C)C(=O)NC(=O)N(c2cccc(C(F)(F)F)c2)C1=O. The number of amides is 4. The molecule has 0 aromatic heterocycles. The van der Waals surface area contributed by atoms with E-state index in [1.54, 1.807) is 11.9 Å². The average molecular weight is 417 g/mol. The molecule has 1 spiro atoms. The van der Waals surface area contributed by atoms with Gasteiger partial charge in [0.05, 0.1) is 11.3 Å². The van der Waals surface area contributed by atoms with Crippen molar-refractivity contribution in [2.75, 3.05) is 23.4 Å². The summed E-state index contributed by atoms with van der Waals surface area (Å²) in [7, 11) is 1.72. The third kappa shape index (κ3) is 3.01. The number of nitrogens with one attached hydrogen (secondary N) is 1. The maximum Gasteiger partial charge on any atom is 0.416 e. The maximum atomic E-state index is 13.5. The molecule has 2 aliphatic rings. The van der Waals surface area contributed by atoms with E-state index < -0.39 is 35.0 Å². The van der Waals surface area contributed by atoms with Crippen LogP contribution < -0.4 is 15.1 Å². The van der Waals surface area contributed by atoms with E-state index in [0.29, 0.717) is 4.90 Å². The summed E-state index contributed by atoms with van der Waals surface area (Å²) in [5.41, 5.74) is -0.309. The fraction of sp³-hybridized carbons (Fsp3) is 0.286. The summed E-state index contributed by atoms with van der Waals surface area (Å²) in [6.45, 7) is 1.87. The number of imide groups is 2. The van der Waals surface area contributed by atoms with Crippen molar-refractivity contribution in [1.29, 1.82) is 0 Å². The fourth-order valence-corrected chi connectivity index (χ4v) is 4.13. The van der Waals surface area contributed by atoms with Gasteiger partial charge in [-0.25, -0.2) is 9.69 Å². The number of benzene rings is 2. The van der Waals surface area contributed by atoms with Gasteiger partial charge in [-0.3, -0.25) is 14.9 Å². The monoisotopic (exact) mass is 417 g/mol. The number of nitrogens with zero attached hydrogens (tertiary/aromatic N) is 2. The minimum absolute atomic E-state index is 0.00350. The van der Waals surface area contributed by atoms with E-state index in [1.165, 1.54) is 6.07 Å². The van der Waals surface area contributed by atoms with Gasteiger partial charge in [0.2, 0.25) is 5.91 Å². The van der Waals surface area contributed by atoms with Crippen molar-refractivity contribution in [3.05, 3.63) is 59.2 Å². The Bertz CT molecular complexity index is 1080. The number of carbonyl (C=O) groups excluding carboxylic acids is 3. The first-order chi connectivity index (χ1) is 14.0. The lowest BCUT2D eigenvalue weighted by molar-refractivity contribution is -0.142. The van der Waals surface area contributed by atoms with Gasteiger partial charge in [-0.2, -0.15) is 13.2 Å². The molecule has 1 atom stereocenters. The van der Waals surface area contributed by atoms with Gasteiger partial charge in [0.15, 0.2) is 5.41 Å². The van der Waals surface area contributed by atoms with Crippen LogP contribution in [0.5, 0.6) is 0 Å². The number of barbiturate groups is 1. The smallest absolute Gasteiger partial charge is 0.373 e. The van der Waals surface area contributed by atoms with Crippen molar-refractivity contribution in [2.24, 2.45) is 5.41 Å². The predicted molar refractivity (Wildman–Crippen MR) is 103 cm³/mol. The minimum Gasteiger partial charge on any atom is -0.373 e. The predicted octanol–water partition coefficient (Wildman–Crippen LogP) is 3.28. The highest BCUT2D eigenvalue weighted by atomic mass is 19.4. The molecule has 2 aliphatic heterocycles. The van der Waals surface area contributed by atoms with Crippen LogP contribution in [0.3, 0.4) is 0 Å². The van der Waals surface area contributed by atoms with E-state index in [9.17, 15) is 27.6 Å². The molecule has 0 unspecified atom stereocenters. The van der Waals surface area contributed by atoms with Crippen molar-refractivity contribution in [1.82, 2.24) is 5.32 Å². The van der Waals surface area contributed by atoms with Gasteiger partial charge in [-0.05, 0) is 43.2 Å². The van der Waals surface area contributed by atoms with Crippen molar-refractivity contribution in [3.8, 4) is 0 Å². The zero-order valence-corrected chi connectivity index (χ0v) is 16.2. The lowest BCUT2D eigenvalue weighted by atomic mass is 9.74. The highest BCUT2D eigenvalue weighted by Crippen LogP contribution is 2.41. The lowest BCUT2D eigenvalue weighted by Crippen LogP contribution is -2.68. The van der Waals surface area contributed by atoms with Crippen LogP contribution in [0.15, 0.2) is 42.5 Å². The fourth-order valence-electron chi connectivity index (χ4n) is 4.13. The molecule has 1 saturated heterocycles. The van der Waals surface area contributed by atoms with Crippen LogP contribution in [0.1, 0.15) is 16.7 Å². The Balaban J connectivity index is 1.79. The van der Waals surface area contributed by atoms with Crippen LogP contribution in [0.25, 0.3) is 0 Å². The number of rotatable bonds is 1. The third-order valence-electron chi connectivity index (χ3n) is 5.55. The number of fused-ring (bicyclic) bond motifs is 1. The summed E-state index contributed by atoms with van der Waals surface area (Å²) in [4.78, 5) is 41.1. The summed E-state index contributed by atoms with van der Waals surface area (Å²) in [5.74, 6) is -1.59. The molecule has 2 aromatic carbocycles.